The number of rotatable bonds is 0. The first kappa shape index (κ1) is 22.7. The molecule has 0 aliphatic rings. The summed E-state index contributed by atoms with van der Waals surface area (Å²) in [6.45, 7) is 0. The molecule has 0 spiro atoms. The standard InChI is InChI=1S/BF3.FH2O3P.2Li/c2-1(3)4;1-5(2,3)4;;/h;(H2,2,3,4);;/q;;2*+1/p-2. The number of hydrogen-bond acceptors (Lipinski definition) is 3. The Morgan fingerprint density at radius 1 is 1.09 bits per heavy atom. The van der Waals surface area contributed by atoms with E-state index >= 15 is 0 Å². The van der Waals surface area contributed by atoms with Gasteiger partial charge in [0.1, 0.15) is 7.91 Å². The largest absolute Gasteiger partial charge is 1.00 e. The summed E-state index contributed by atoms with van der Waals surface area (Å²) in [7, 11) is -9.31. The van der Waals surface area contributed by atoms with Gasteiger partial charge in [0, 0.05) is 0 Å². The molecule has 0 aromatic rings. The molecule has 0 atom stereocenters. The van der Waals surface area contributed by atoms with Crippen LogP contribution in [0.5, 0.6) is 0 Å². The molecule has 0 amide bonds. The van der Waals surface area contributed by atoms with Crippen molar-refractivity contribution in [2.24, 2.45) is 0 Å². The van der Waals surface area contributed by atoms with Crippen LogP contribution in [0.4, 0.5) is 17.1 Å². The average molecular weight is 180 g/mol. The van der Waals surface area contributed by atoms with E-state index in [0.717, 1.165) is 0 Å². The number of halogens is 4. The molecule has 0 saturated heterocycles. The van der Waals surface area contributed by atoms with Crippen molar-refractivity contribution in [2.45, 2.75) is 0 Å². The van der Waals surface area contributed by atoms with Crippen molar-refractivity contribution in [2.75, 3.05) is 0 Å². The van der Waals surface area contributed by atoms with Crippen molar-refractivity contribution in [1.29, 1.82) is 0 Å². The summed E-state index contributed by atoms with van der Waals surface area (Å²) < 4.78 is 47.6. The Kier molecular flexibility index (Phi) is 23.0. The summed E-state index contributed by atoms with van der Waals surface area (Å²) in [5.41, 5.74) is 0. The van der Waals surface area contributed by atoms with Crippen LogP contribution < -0.4 is 47.5 Å². The molecule has 0 fully saturated rings. The van der Waals surface area contributed by atoms with E-state index in [-0.39, 0.29) is 37.7 Å². The summed E-state index contributed by atoms with van der Waals surface area (Å²) in [5.74, 6) is 0. The maximum atomic E-state index is 10.1. The first-order valence-electron chi connectivity index (χ1n) is 1.37. The van der Waals surface area contributed by atoms with Gasteiger partial charge in [-0.2, -0.15) is 0 Å². The SMILES string of the molecule is FB(F)F.O=P([O-])([O-])F.[Li+].[Li+]. The molecular weight excluding hydrogens is 180 g/mol. The second-order valence-corrected chi connectivity index (χ2v) is 1.54. The normalized spacial score (nSPS) is 7.82. The van der Waals surface area contributed by atoms with E-state index in [1.807, 2.05) is 0 Å². The van der Waals surface area contributed by atoms with Gasteiger partial charge in [0.15, 0.2) is 0 Å². The summed E-state index contributed by atoms with van der Waals surface area (Å²) in [6, 6.07) is 0. The van der Waals surface area contributed by atoms with Gasteiger partial charge in [0.05, 0.1) is 0 Å². The molecule has 0 aromatic heterocycles. The fourth-order valence-electron chi connectivity index (χ4n) is 0. The van der Waals surface area contributed by atoms with Gasteiger partial charge in [-0.05, 0) is 0 Å². The molecular formula is BF4Li2O3P. The van der Waals surface area contributed by atoms with Crippen molar-refractivity contribution >= 4 is 15.5 Å². The maximum absolute atomic E-state index is 10.1. The Morgan fingerprint density at radius 3 is 1.09 bits per heavy atom. The summed E-state index contributed by atoms with van der Waals surface area (Å²) in [5, 5.41) is 0. The van der Waals surface area contributed by atoms with Crippen LogP contribution in [-0.4, -0.2) is 7.54 Å². The molecule has 0 aromatic carbocycles. The van der Waals surface area contributed by atoms with Crippen molar-refractivity contribution < 1.29 is 69.2 Å². The molecule has 0 saturated carbocycles. The minimum atomic E-state index is -5.64. The van der Waals surface area contributed by atoms with Crippen molar-refractivity contribution in [1.82, 2.24) is 0 Å². The van der Waals surface area contributed by atoms with E-state index in [9.17, 15) is 17.1 Å². The zero-order chi connectivity index (χ0) is 8.08. The minimum absolute atomic E-state index is 0. The van der Waals surface area contributed by atoms with Gasteiger partial charge in [-0.3, -0.25) is 12.9 Å². The first-order valence-corrected chi connectivity index (χ1v) is 2.80. The monoisotopic (exact) mass is 180 g/mol. The maximum Gasteiger partial charge on any atom is 1.00 e. The minimum Gasteiger partial charge on any atom is -0.786 e. The molecule has 11 heavy (non-hydrogen) atoms. The first-order chi connectivity index (χ1) is 3.73. The zero-order valence-corrected chi connectivity index (χ0v) is 6.66. The van der Waals surface area contributed by atoms with Crippen LogP contribution in [0.1, 0.15) is 0 Å². The molecule has 56 valence electrons. The summed E-state index contributed by atoms with van der Waals surface area (Å²) in [4.78, 5) is 16.9. The third kappa shape index (κ3) is 727. The second-order valence-electron chi connectivity index (χ2n) is 0.678. The van der Waals surface area contributed by atoms with Crippen LogP contribution in [0.15, 0.2) is 0 Å². The smallest absolute Gasteiger partial charge is 0.786 e. The van der Waals surface area contributed by atoms with Gasteiger partial charge in [-0.25, -0.2) is 4.20 Å². The number of hydrogen-bond donors (Lipinski definition) is 0. The van der Waals surface area contributed by atoms with Crippen molar-refractivity contribution in [3.8, 4) is 0 Å². The average Bonchev–Trinajstić information content (AvgIpc) is 1.19. The Morgan fingerprint density at radius 2 is 1.09 bits per heavy atom. The molecule has 0 radical (unpaired) electrons. The zero-order valence-electron chi connectivity index (χ0n) is 5.76. The Labute approximate surface area is 84.8 Å². The van der Waals surface area contributed by atoms with E-state index in [1.54, 1.807) is 0 Å². The van der Waals surface area contributed by atoms with Gasteiger partial charge in [0.25, 0.3) is 0 Å². The second kappa shape index (κ2) is 11.1. The van der Waals surface area contributed by atoms with Gasteiger partial charge < -0.3 is 14.4 Å². The molecule has 3 nitrogen and oxygen atoms in total. The van der Waals surface area contributed by atoms with Gasteiger partial charge in [-0.15, -0.1) is 0 Å². The van der Waals surface area contributed by atoms with Crippen LogP contribution >= 0.6 is 7.91 Å². The molecule has 0 heterocycles. The van der Waals surface area contributed by atoms with Gasteiger partial charge in [-0.1, -0.05) is 0 Å². The van der Waals surface area contributed by atoms with E-state index in [0.29, 0.717) is 0 Å². The fraction of sp³-hybridized carbons (Fsp3) is 0. The van der Waals surface area contributed by atoms with E-state index in [2.05, 4.69) is 0 Å². The predicted octanol–water partition coefficient (Wildman–Crippen LogP) is -6.33. The topological polar surface area (TPSA) is 63.2 Å². The molecule has 0 aliphatic carbocycles. The van der Waals surface area contributed by atoms with E-state index in [4.69, 9.17) is 14.4 Å². The van der Waals surface area contributed by atoms with Gasteiger partial charge >= 0.3 is 45.3 Å². The molecule has 11 heteroatoms. The third-order valence-corrected chi connectivity index (χ3v) is 0. The van der Waals surface area contributed by atoms with Crippen LogP contribution in [0, 0.1) is 0 Å². The molecule has 0 bridgehead atoms. The van der Waals surface area contributed by atoms with Crippen molar-refractivity contribution in [3.63, 3.8) is 0 Å². The molecule has 0 unspecified atom stereocenters. The Balaban J connectivity index is -0.0000000383. The van der Waals surface area contributed by atoms with E-state index < -0.39 is 15.5 Å². The quantitative estimate of drug-likeness (QED) is 0.211. The fourth-order valence-corrected chi connectivity index (χ4v) is 0. The van der Waals surface area contributed by atoms with Crippen LogP contribution in [0.3, 0.4) is 0 Å². The van der Waals surface area contributed by atoms with Gasteiger partial charge in [0.2, 0.25) is 0 Å². The molecule has 0 rings (SSSR count). The van der Waals surface area contributed by atoms with Crippen LogP contribution in [-0.2, 0) is 4.57 Å². The van der Waals surface area contributed by atoms with Crippen LogP contribution in [0.25, 0.3) is 0 Å². The Hall–Kier alpha value is 1.13. The van der Waals surface area contributed by atoms with Crippen LogP contribution in [0.2, 0.25) is 0 Å². The predicted molar refractivity (Wildman–Crippen MR) is 17.8 cm³/mol. The van der Waals surface area contributed by atoms with E-state index in [1.165, 1.54) is 0 Å². The molecule has 0 N–H and O–H groups in total. The summed E-state index contributed by atoms with van der Waals surface area (Å²) >= 11 is 0. The molecule has 0 aliphatic heterocycles. The summed E-state index contributed by atoms with van der Waals surface area (Å²) in [6.07, 6.45) is 0. The van der Waals surface area contributed by atoms with Crippen molar-refractivity contribution in [3.05, 3.63) is 0 Å². The third-order valence-electron chi connectivity index (χ3n) is 0. The Bertz CT molecular complexity index is 94.5.